The van der Waals surface area contributed by atoms with Crippen molar-refractivity contribution in [3.8, 4) is 0 Å². The minimum absolute atomic E-state index is 0.0428. The van der Waals surface area contributed by atoms with Gasteiger partial charge in [-0.15, -0.1) is 0 Å². The maximum Gasteiger partial charge on any atom is 0.274 e. The van der Waals surface area contributed by atoms with Crippen molar-refractivity contribution in [2.45, 2.75) is 13.0 Å². The first kappa shape index (κ1) is 8.83. The van der Waals surface area contributed by atoms with Crippen LogP contribution >= 0.6 is 0 Å². The van der Waals surface area contributed by atoms with Crippen LogP contribution in [0, 0.1) is 0 Å². The summed E-state index contributed by atoms with van der Waals surface area (Å²) in [6, 6.07) is 0. The lowest BCUT2D eigenvalue weighted by molar-refractivity contribution is 0.198. The van der Waals surface area contributed by atoms with Crippen LogP contribution in [-0.2, 0) is 10.2 Å². The Morgan fingerprint density at radius 2 is 2.22 bits per heavy atom. The van der Waals surface area contributed by atoms with Crippen molar-refractivity contribution in [1.82, 2.24) is 4.72 Å². The Morgan fingerprint density at radius 1 is 1.78 bits per heavy atom. The van der Waals surface area contributed by atoms with Crippen molar-refractivity contribution >= 4 is 10.2 Å². The molecule has 1 atom stereocenters. The van der Waals surface area contributed by atoms with Crippen molar-refractivity contribution in [2.24, 2.45) is 5.14 Å². The topological polar surface area (TPSA) is 92.4 Å². The summed E-state index contributed by atoms with van der Waals surface area (Å²) in [5.74, 6) is 0. The van der Waals surface area contributed by atoms with Crippen molar-refractivity contribution in [2.75, 3.05) is 6.54 Å². The van der Waals surface area contributed by atoms with Gasteiger partial charge in [0.25, 0.3) is 10.2 Å². The number of hydrogen-bond acceptors (Lipinski definition) is 3. The summed E-state index contributed by atoms with van der Waals surface area (Å²) in [5.41, 5.74) is 0. The first-order valence-corrected chi connectivity index (χ1v) is 3.92. The van der Waals surface area contributed by atoms with Crippen LogP contribution in [0.3, 0.4) is 0 Å². The second-order valence-electron chi connectivity index (χ2n) is 1.74. The van der Waals surface area contributed by atoms with Crippen LogP contribution in [0.15, 0.2) is 0 Å². The molecule has 6 heteroatoms. The normalized spacial score (nSPS) is 15.4. The van der Waals surface area contributed by atoms with Crippen molar-refractivity contribution in [3.05, 3.63) is 0 Å². The highest BCUT2D eigenvalue weighted by Gasteiger charge is 2.01. The molecule has 0 rings (SSSR count). The van der Waals surface area contributed by atoms with Gasteiger partial charge >= 0.3 is 0 Å². The van der Waals surface area contributed by atoms with Crippen LogP contribution in [0.5, 0.6) is 0 Å². The van der Waals surface area contributed by atoms with E-state index in [0.717, 1.165) is 0 Å². The molecular formula is C3H10N2O3S. The van der Waals surface area contributed by atoms with Gasteiger partial charge in [-0.05, 0) is 6.92 Å². The first-order chi connectivity index (χ1) is 3.92. The summed E-state index contributed by atoms with van der Waals surface area (Å²) in [7, 11) is -3.63. The van der Waals surface area contributed by atoms with Crippen LogP contribution in [-0.4, -0.2) is 26.2 Å². The van der Waals surface area contributed by atoms with Gasteiger partial charge in [0.05, 0.1) is 6.10 Å². The molecule has 0 aliphatic rings. The Kier molecular flexibility index (Phi) is 3.06. The summed E-state index contributed by atoms with van der Waals surface area (Å²) in [4.78, 5) is 0. The number of aliphatic hydroxyl groups excluding tert-OH is 1. The fraction of sp³-hybridized carbons (Fsp3) is 1.00. The van der Waals surface area contributed by atoms with Gasteiger partial charge in [-0.25, -0.2) is 5.14 Å². The zero-order valence-electron chi connectivity index (χ0n) is 5.03. The standard InChI is InChI=1S/C3H10N2O3S/c1-3(6)2-5-9(4,7)8/h3,5-6H,2H2,1H3,(H2,4,7,8). The molecule has 0 aliphatic carbocycles. The van der Waals surface area contributed by atoms with Gasteiger partial charge in [0.2, 0.25) is 0 Å². The molecule has 4 N–H and O–H groups in total. The molecule has 0 aromatic heterocycles. The molecule has 0 radical (unpaired) electrons. The molecule has 0 aromatic carbocycles. The molecule has 0 heterocycles. The third kappa shape index (κ3) is 7.83. The second kappa shape index (κ2) is 3.11. The molecule has 0 amide bonds. The van der Waals surface area contributed by atoms with Gasteiger partial charge in [0.1, 0.15) is 0 Å². The average molecular weight is 154 g/mol. The van der Waals surface area contributed by atoms with E-state index in [1.165, 1.54) is 6.92 Å². The van der Waals surface area contributed by atoms with Crippen LogP contribution < -0.4 is 9.86 Å². The Balaban J connectivity index is 3.53. The van der Waals surface area contributed by atoms with Crippen LogP contribution in [0.1, 0.15) is 6.92 Å². The van der Waals surface area contributed by atoms with E-state index in [1.54, 1.807) is 0 Å². The van der Waals surface area contributed by atoms with Gasteiger partial charge in [-0.2, -0.15) is 13.1 Å². The maximum absolute atomic E-state index is 10.1. The summed E-state index contributed by atoms with van der Waals surface area (Å²) < 4.78 is 22.1. The lowest BCUT2D eigenvalue weighted by atomic mass is 10.4. The Labute approximate surface area is 54.0 Å². The third-order valence-corrected chi connectivity index (χ3v) is 1.15. The second-order valence-corrected chi connectivity index (χ2v) is 3.12. The van der Waals surface area contributed by atoms with E-state index in [9.17, 15) is 8.42 Å². The zero-order valence-corrected chi connectivity index (χ0v) is 5.85. The summed E-state index contributed by atoms with van der Waals surface area (Å²) in [5, 5.41) is 13.1. The largest absolute Gasteiger partial charge is 0.392 e. The Hall–Kier alpha value is -0.170. The quantitative estimate of drug-likeness (QED) is 0.446. The summed E-state index contributed by atoms with van der Waals surface area (Å²) >= 11 is 0. The molecule has 56 valence electrons. The lowest BCUT2D eigenvalue weighted by Crippen LogP contribution is -2.35. The molecule has 5 nitrogen and oxygen atoms in total. The highest BCUT2D eigenvalue weighted by atomic mass is 32.2. The molecule has 0 saturated carbocycles. The van der Waals surface area contributed by atoms with Gasteiger partial charge in [0.15, 0.2) is 0 Å². The summed E-state index contributed by atoms with van der Waals surface area (Å²) in [6.45, 7) is 1.41. The first-order valence-electron chi connectivity index (χ1n) is 2.37. The van der Waals surface area contributed by atoms with E-state index >= 15 is 0 Å². The molecular weight excluding hydrogens is 144 g/mol. The van der Waals surface area contributed by atoms with E-state index in [1.807, 2.05) is 4.72 Å². The molecule has 1 unspecified atom stereocenters. The Bertz CT molecular complexity index is 162. The highest BCUT2D eigenvalue weighted by Crippen LogP contribution is 1.75. The molecule has 0 bridgehead atoms. The van der Waals surface area contributed by atoms with Gasteiger partial charge in [-0.3, -0.25) is 0 Å². The smallest absolute Gasteiger partial charge is 0.274 e. The number of rotatable bonds is 3. The van der Waals surface area contributed by atoms with Gasteiger partial charge in [-0.1, -0.05) is 0 Å². The molecule has 9 heavy (non-hydrogen) atoms. The molecule has 0 aromatic rings. The molecule has 0 saturated heterocycles. The monoisotopic (exact) mass is 154 g/mol. The van der Waals surface area contributed by atoms with Gasteiger partial charge in [0, 0.05) is 6.54 Å². The van der Waals surface area contributed by atoms with Gasteiger partial charge < -0.3 is 5.11 Å². The number of aliphatic hydroxyl groups is 1. The lowest BCUT2D eigenvalue weighted by Gasteiger charge is -2.02. The molecule has 0 aliphatic heterocycles. The Morgan fingerprint density at radius 3 is 2.33 bits per heavy atom. The van der Waals surface area contributed by atoms with E-state index in [0.29, 0.717) is 0 Å². The molecule has 0 fully saturated rings. The van der Waals surface area contributed by atoms with Crippen LogP contribution in [0.2, 0.25) is 0 Å². The third-order valence-electron chi connectivity index (χ3n) is 0.580. The van der Waals surface area contributed by atoms with E-state index in [4.69, 9.17) is 5.11 Å². The average Bonchev–Trinajstić information content (AvgIpc) is 1.59. The summed E-state index contributed by atoms with van der Waals surface area (Å²) in [6.07, 6.45) is -0.705. The highest BCUT2D eigenvalue weighted by molar-refractivity contribution is 7.87. The van der Waals surface area contributed by atoms with E-state index < -0.39 is 16.3 Å². The van der Waals surface area contributed by atoms with E-state index in [-0.39, 0.29) is 6.54 Å². The molecule has 0 spiro atoms. The zero-order chi connectivity index (χ0) is 7.49. The van der Waals surface area contributed by atoms with E-state index in [2.05, 4.69) is 5.14 Å². The minimum Gasteiger partial charge on any atom is -0.392 e. The fourth-order valence-electron chi connectivity index (χ4n) is 0.237. The van der Waals surface area contributed by atoms with Crippen LogP contribution in [0.25, 0.3) is 0 Å². The fourth-order valence-corrected chi connectivity index (χ4v) is 0.710. The van der Waals surface area contributed by atoms with Crippen molar-refractivity contribution < 1.29 is 13.5 Å². The van der Waals surface area contributed by atoms with Crippen molar-refractivity contribution in [1.29, 1.82) is 0 Å². The SMILES string of the molecule is CC(O)CNS(N)(=O)=O. The predicted octanol–water partition coefficient (Wildman–Crippen LogP) is -1.84. The number of nitrogens with two attached hydrogens (primary N) is 1. The predicted molar refractivity (Wildman–Crippen MR) is 32.8 cm³/mol. The maximum atomic E-state index is 10.1. The van der Waals surface area contributed by atoms with Crippen molar-refractivity contribution in [3.63, 3.8) is 0 Å². The van der Waals surface area contributed by atoms with Crippen LogP contribution in [0.4, 0.5) is 0 Å². The number of nitrogens with one attached hydrogen (secondary N) is 1. The number of hydrogen-bond donors (Lipinski definition) is 3. The minimum atomic E-state index is -3.63.